The summed E-state index contributed by atoms with van der Waals surface area (Å²) in [5, 5.41) is 0.585. The number of halogens is 2. The van der Waals surface area contributed by atoms with Gasteiger partial charge in [-0.05, 0) is 24.6 Å². The summed E-state index contributed by atoms with van der Waals surface area (Å²) in [4.78, 5) is 13.0. The molecule has 1 aliphatic heterocycles. The average molecular weight is 325 g/mol. The molecule has 0 saturated heterocycles. The van der Waals surface area contributed by atoms with Gasteiger partial charge in [0.25, 0.3) is 0 Å². The van der Waals surface area contributed by atoms with E-state index in [0.717, 1.165) is 16.0 Å². The Labute approximate surface area is 130 Å². The van der Waals surface area contributed by atoms with Crippen molar-refractivity contribution in [3.63, 3.8) is 0 Å². The lowest BCUT2D eigenvalue weighted by molar-refractivity contribution is -0.133. The number of carbonyl (C=O) groups is 1. The lowest BCUT2D eigenvalue weighted by Gasteiger charge is -2.07. The van der Waals surface area contributed by atoms with E-state index in [9.17, 15) is 4.79 Å². The number of benzene rings is 1. The van der Waals surface area contributed by atoms with Gasteiger partial charge in [0, 0.05) is 16.0 Å². The zero-order valence-electron chi connectivity index (χ0n) is 10.6. The van der Waals surface area contributed by atoms with Crippen LogP contribution in [0.25, 0.3) is 11.1 Å². The van der Waals surface area contributed by atoms with Crippen LogP contribution in [-0.4, -0.2) is 12.6 Å². The van der Waals surface area contributed by atoms with Crippen molar-refractivity contribution in [3.8, 4) is 0 Å². The fourth-order valence-corrected chi connectivity index (χ4v) is 3.49. The van der Waals surface area contributed by atoms with Gasteiger partial charge in [0.15, 0.2) is 0 Å². The minimum Gasteiger partial charge on any atom is -0.457 e. The Bertz CT molecular complexity index is 731. The third-order valence-corrected chi connectivity index (χ3v) is 4.98. The van der Waals surface area contributed by atoms with Crippen LogP contribution in [0.3, 0.4) is 0 Å². The van der Waals surface area contributed by atoms with Gasteiger partial charge in [0.1, 0.15) is 6.61 Å². The molecule has 0 bridgehead atoms. The molecule has 0 atom stereocenters. The smallest absolute Gasteiger partial charge is 0.339 e. The highest BCUT2D eigenvalue weighted by atomic mass is 35.5. The Kier molecular flexibility index (Phi) is 3.59. The van der Waals surface area contributed by atoms with E-state index < -0.39 is 0 Å². The maximum absolute atomic E-state index is 12.1. The van der Waals surface area contributed by atoms with Gasteiger partial charge in [-0.2, -0.15) is 0 Å². The van der Waals surface area contributed by atoms with E-state index >= 15 is 0 Å². The minimum absolute atomic E-state index is 0.259. The molecule has 1 aliphatic rings. The van der Waals surface area contributed by atoms with Gasteiger partial charge in [0.05, 0.1) is 14.9 Å². The van der Waals surface area contributed by atoms with Crippen LogP contribution in [0.1, 0.15) is 16.0 Å². The average Bonchev–Trinajstić information content (AvgIpc) is 2.99. The summed E-state index contributed by atoms with van der Waals surface area (Å²) >= 11 is 13.7. The van der Waals surface area contributed by atoms with Crippen molar-refractivity contribution < 1.29 is 9.53 Å². The number of hydrogen-bond acceptors (Lipinski definition) is 3. The molecule has 0 amide bonds. The number of aryl methyl sites for hydroxylation is 1. The van der Waals surface area contributed by atoms with Gasteiger partial charge < -0.3 is 4.74 Å². The molecule has 1 aromatic carbocycles. The molecule has 102 valence electrons. The summed E-state index contributed by atoms with van der Waals surface area (Å²) in [5.74, 6) is -0.336. The fraction of sp³-hybridized carbons (Fsp3) is 0.133. The van der Waals surface area contributed by atoms with E-state index in [1.807, 2.05) is 37.3 Å². The first-order chi connectivity index (χ1) is 9.58. The third kappa shape index (κ3) is 2.26. The van der Waals surface area contributed by atoms with Crippen molar-refractivity contribution >= 4 is 51.7 Å². The zero-order chi connectivity index (χ0) is 14.3. The molecular formula is C15H10Cl2O2S. The zero-order valence-corrected chi connectivity index (χ0v) is 12.9. The number of ether oxygens (including phenoxy) is 1. The highest BCUT2D eigenvalue weighted by Gasteiger charge is 2.29. The number of hydrogen-bond donors (Lipinski definition) is 0. The van der Waals surface area contributed by atoms with Gasteiger partial charge in [0.2, 0.25) is 0 Å². The number of cyclic esters (lactones) is 1. The molecule has 0 spiro atoms. The molecule has 1 aromatic heterocycles. The van der Waals surface area contributed by atoms with Crippen LogP contribution in [0.15, 0.2) is 30.3 Å². The first kappa shape index (κ1) is 13.7. The third-order valence-electron chi connectivity index (χ3n) is 3.19. The van der Waals surface area contributed by atoms with Crippen LogP contribution in [0.2, 0.25) is 9.36 Å². The van der Waals surface area contributed by atoms with E-state index in [2.05, 4.69) is 0 Å². The minimum atomic E-state index is -0.336. The van der Waals surface area contributed by atoms with Crippen LogP contribution in [-0.2, 0) is 9.53 Å². The molecule has 20 heavy (non-hydrogen) atoms. The van der Waals surface area contributed by atoms with Gasteiger partial charge in [-0.25, -0.2) is 4.79 Å². The molecule has 0 unspecified atom stereocenters. The first-order valence-corrected chi connectivity index (χ1v) is 7.56. The lowest BCUT2D eigenvalue weighted by atomic mass is 9.99. The largest absolute Gasteiger partial charge is 0.457 e. The van der Waals surface area contributed by atoms with Gasteiger partial charge in [-0.3, -0.25) is 0 Å². The Morgan fingerprint density at radius 1 is 1.20 bits per heavy atom. The quantitative estimate of drug-likeness (QED) is 0.739. The van der Waals surface area contributed by atoms with E-state index in [-0.39, 0.29) is 12.6 Å². The molecule has 2 aromatic rings. The highest BCUT2D eigenvalue weighted by Crippen LogP contribution is 2.39. The normalized spacial score (nSPS) is 14.8. The predicted molar refractivity (Wildman–Crippen MR) is 83.3 cm³/mol. The van der Waals surface area contributed by atoms with Crippen LogP contribution < -0.4 is 0 Å². The molecular weight excluding hydrogens is 315 g/mol. The van der Waals surface area contributed by atoms with Crippen LogP contribution in [0.4, 0.5) is 0 Å². The topological polar surface area (TPSA) is 26.3 Å². The summed E-state index contributed by atoms with van der Waals surface area (Å²) in [7, 11) is 0. The molecule has 0 saturated carbocycles. The number of esters is 1. The summed E-state index contributed by atoms with van der Waals surface area (Å²) in [6.07, 6.45) is 0. The van der Waals surface area contributed by atoms with E-state index in [1.165, 1.54) is 11.3 Å². The van der Waals surface area contributed by atoms with Crippen LogP contribution in [0.5, 0.6) is 0 Å². The molecule has 0 radical (unpaired) electrons. The monoisotopic (exact) mass is 324 g/mol. The molecule has 2 nitrogen and oxygen atoms in total. The van der Waals surface area contributed by atoms with Gasteiger partial charge in [-0.15, -0.1) is 11.3 Å². The molecule has 0 aliphatic carbocycles. The van der Waals surface area contributed by atoms with Crippen molar-refractivity contribution in [1.82, 2.24) is 0 Å². The van der Waals surface area contributed by atoms with Crippen molar-refractivity contribution in [2.45, 2.75) is 6.92 Å². The van der Waals surface area contributed by atoms with Gasteiger partial charge in [-0.1, -0.05) is 41.4 Å². The second-order valence-electron chi connectivity index (χ2n) is 4.47. The summed E-state index contributed by atoms with van der Waals surface area (Å²) < 4.78 is 5.86. The fourth-order valence-electron chi connectivity index (χ4n) is 2.19. The Hall–Kier alpha value is -1.29. The predicted octanol–water partition coefficient (Wildman–Crippen LogP) is 4.83. The number of carbonyl (C=O) groups excluding carboxylic acids is 1. The van der Waals surface area contributed by atoms with E-state index in [1.54, 1.807) is 0 Å². The molecule has 5 heteroatoms. The van der Waals surface area contributed by atoms with Crippen LogP contribution in [0, 0.1) is 6.92 Å². The standard InChI is InChI=1S/C15H10Cl2O2S/c1-8-3-2-4-9(14(8)17)13-10(7-19-15(13)18)11-5-6-12(16)20-11/h2-6H,7H2,1H3. The van der Waals surface area contributed by atoms with E-state index in [4.69, 9.17) is 27.9 Å². The lowest BCUT2D eigenvalue weighted by Crippen LogP contribution is -1.99. The maximum Gasteiger partial charge on any atom is 0.339 e. The second-order valence-corrected chi connectivity index (χ2v) is 6.56. The van der Waals surface area contributed by atoms with Gasteiger partial charge >= 0.3 is 5.97 Å². The van der Waals surface area contributed by atoms with E-state index in [0.29, 0.717) is 20.5 Å². The molecule has 0 N–H and O–H groups in total. The SMILES string of the molecule is Cc1cccc(C2=C(c3ccc(Cl)s3)COC2=O)c1Cl. The Morgan fingerprint density at radius 3 is 2.70 bits per heavy atom. The Morgan fingerprint density at radius 2 is 2.00 bits per heavy atom. The summed E-state index contributed by atoms with van der Waals surface area (Å²) in [6.45, 7) is 2.17. The van der Waals surface area contributed by atoms with Crippen molar-refractivity contribution in [1.29, 1.82) is 0 Å². The highest BCUT2D eigenvalue weighted by molar-refractivity contribution is 7.17. The summed E-state index contributed by atoms with van der Waals surface area (Å²) in [5.41, 5.74) is 3.03. The second kappa shape index (κ2) is 5.24. The first-order valence-electron chi connectivity index (χ1n) is 5.99. The number of rotatable bonds is 2. The van der Waals surface area contributed by atoms with Crippen LogP contribution >= 0.6 is 34.5 Å². The number of thiophene rings is 1. The molecule has 2 heterocycles. The molecule has 0 fully saturated rings. The summed E-state index contributed by atoms with van der Waals surface area (Å²) in [6, 6.07) is 9.34. The van der Waals surface area contributed by atoms with Crippen molar-refractivity contribution in [2.24, 2.45) is 0 Å². The van der Waals surface area contributed by atoms with Crippen molar-refractivity contribution in [3.05, 3.63) is 55.7 Å². The maximum atomic E-state index is 12.1. The molecule has 3 rings (SSSR count). The Balaban J connectivity index is 2.21. The van der Waals surface area contributed by atoms with Crippen molar-refractivity contribution in [2.75, 3.05) is 6.61 Å².